The molecule has 0 saturated heterocycles. The van der Waals surface area contributed by atoms with E-state index in [0.29, 0.717) is 46.9 Å². The third kappa shape index (κ3) is 4.79. The fourth-order valence-electron chi connectivity index (χ4n) is 5.33. The van der Waals surface area contributed by atoms with Gasteiger partial charge in [-0.2, -0.15) is 11.3 Å². The van der Waals surface area contributed by atoms with Gasteiger partial charge in [-0.1, -0.05) is 6.07 Å². The topological polar surface area (TPSA) is 85.9 Å². The Balaban J connectivity index is 1.48. The largest absolute Gasteiger partial charge is 0.497 e. The summed E-state index contributed by atoms with van der Waals surface area (Å²) >= 11 is 1.55. The molecule has 2 heterocycles. The smallest absolute Gasteiger partial charge is 0.254 e. The number of carbonyl (C=O) groups is 2. The molecule has 8 heteroatoms. The number of amides is 1. The Morgan fingerprint density at radius 1 is 0.947 bits per heavy atom. The molecule has 0 radical (unpaired) electrons. The third-order valence-corrected chi connectivity index (χ3v) is 7.88. The predicted molar refractivity (Wildman–Crippen MR) is 148 cm³/mol. The maximum Gasteiger partial charge on any atom is 0.254 e. The molecule has 38 heavy (non-hydrogen) atoms. The lowest BCUT2D eigenvalue weighted by atomic mass is 9.72. The molecule has 3 aromatic rings. The van der Waals surface area contributed by atoms with Crippen molar-refractivity contribution in [2.75, 3.05) is 26.6 Å². The first-order valence-corrected chi connectivity index (χ1v) is 13.3. The minimum Gasteiger partial charge on any atom is -0.497 e. The zero-order chi connectivity index (χ0) is 26.8. The Morgan fingerprint density at radius 3 is 2.37 bits per heavy atom. The number of allylic oxidation sites excluding steroid dienone is 3. The van der Waals surface area contributed by atoms with Crippen molar-refractivity contribution in [2.24, 2.45) is 0 Å². The number of nitrogens with one attached hydrogen (secondary N) is 2. The average molecular weight is 531 g/mol. The number of hydrogen-bond acceptors (Lipinski definition) is 7. The number of dihydropyridines is 1. The summed E-state index contributed by atoms with van der Waals surface area (Å²) in [5, 5.41) is 10.4. The van der Waals surface area contributed by atoms with Gasteiger partial charge >= 0.3 is 0 Å². The van der Waals surface area contributed by atoms with Gasteiger partial charge < -0.3 is 24.8 Å². The summed E-state index contributed by atoms with van der Waals surface area (Å²) in [7, 11) is 4.81. The van der Waals surface area contributed by atoms with Crippen LogP contribution in [0.4, 0.5) is 5.69 Å². The van der Waals surface area contributed by atoms with E-state index in [0.717, 1.165) is 22.5 Å². The highest BCUT2D eigenvalue weighted by molar-refractivity contribution is 7.08. The maximum atomic E-state index is 13.8. The molecule has 1 aliphatic heterocycles. The number of ether oxygens (including phenoxy) is 3. The molecule has 1 aliphatic carbocycles. The summed E-state index contributed by atoms with van der Waals surface area (Å²) in [5.41, 5.74) is 5.45. The molecule has 0 spiro atoms. The van der Waals surface area contributed by atoms with Gasteiger partial charge in [-0.05, 0) is 83.6 Å². The number of rotatable bonds is 7. The van der Waals surface area contributed by atoms with Crippen LogP contribution in [-0.4, -0.2) is 33.0 Å². The van der Waals surface area contributed by atoms with E-state index < -0.39 is 5.92 Å². The fraction of sp³-hybridized carbons (Fsp3) is 0.267. The zero-order valence-electron chi connectivity index (χ0n) is 21.8. The monoisotopic (exact) mass is 530 g/mol. The van der Waals surface area contributed by atoms with Crippen molar-refractivity contribution < 1.29 is 23.8 Å². The second kappa shape index (κ2) is 10.8. The lowest BCUT2D eigenvalue weighted by Crippen LogP contribution is -2.36. The first-order chi connectivity index (χ1) is 18.4. The van der Waals surface area contributed by atoms with E-state index in [2.05, 4.69) is 10.6 Å². The molecule has 2 atom stereocenters. The summed E-state index contributed by atoms with van der Waals surface area (Å²) in [6, 6.07) is 15.0. The molecular weight excluding hydrogens is 500 g/mol. The van der Waals surface area contributed by atoms with E-state index in [4.69, 9.17) is 14.2 Å². The summed E-state index contributed by atoms with van der Waals surface area (Å²) in [6.45, 7) is 1.90. The van der Waals surface area contributed by atoms with Crippen LogP contribution in [0, 0.1) is 0 Å². The fourth-order valence-corrected chi connectivity index (χ4v) is 6.01. The number of thiophene rings is 1. The quantitative estimate of drug-likeness (QED) is 0.403. The van der Waals surface area contributed by atoms with Crippen LogP contribution in [0.25, 0.3) is 0 Å². The van der Waals surface area contributed by atoms with E-state index >= 15 is 0 Å². The highest BCUT2D eigenvalue weighted by atomic mass is 32.1. The Morgan fingerprint density at radius 2 is 1.71 bits per heavy atom. The highest BCUT2D eigenvalue weighted by Crippen LogP contribution is 2.46. The first-order valence-electron chi connectivity index (χ1n) is 12.4. The molecular formula is C30H30N2O5S. The second-order valence-electron chi connectivity index (χ2n) is 9.37. The molecule has 1 amide bonds. The summed E-state index contributed by atoms with van der Waals surface area (Å²) in [4.78, 5) is 27.4. The minimum atomic E-state index is -0.436. The van der Waals surface area contributed by atoms with Gasteiger partial charge in [0, 0.05) is 40.6 Å². The van der Waals surface area contributed by atoms with Crippen molar-refractivity contribution in [3.05, 3.63) is 93.0 Å². The minimum absolute atomic E-state index is 0.0147. The molecule has 0 fully saturated rings. The van der Waals surface area contributed by atoms with Crippen LogP contribution in [0.2, 0.25) is 0 Å². The van der Waals surface area contributed by atoms with Crippen molar-refractivity contribution in [2.45, 2.75) is 31.6 Å². The second-order valence-corrected chi connectivity index (χ2v) is 10.2. The molecule has 2 N–H and O–H groups in total. The molecule has 0 saturated carbocycles. The van der Waals surface area contributed by atoms with Crippen molar-refractivity contribution in [1.29, 1.82) is 0 Å². The van der Waals surface area contributed by atoms with E-state index in [9.17, 15) is 9.59 Å². The van der Waals surface area contributed by atoms with Gasteiger partial charge in [-0.15, -0.1) is 0 Å². The Kier molecular flexibility index (Phi) is 7.24. The normalized spacial score (nSPS) is 19.0. The van der Waals surface area contributed by atoms with Gasteiger partial charge in [-0.25, -0.2) is 0 Å². The van der Waals surface area contributed by atoms with Crippen molar-refractivity contribution in [1.82, 2.24) is 5.32 Å². The van der Waals surface area contributed by atoms with Gasteiger partial charge in [0.15, 0.2) is 17.3 Å². The molecule has 0 unspecified atom stereocenters. The van der Waals surface area contributed by atoms with Crippen LogP contribution in [0.3, 0.4) is 0 Å². The van der Waals surface area contributed by atoms with Crippen LogP contribution in [0.5, 0.6) is 17.2 Å². The van der Waals surface area contributed by atoms with E-state index in [1.54, 1.807) is 56.9 Å². The Labute approximate surface area is 226 Å². The van der Waals surface area contributed by atoms with Crippen LogP contribution in [0.1, 0.15) is 42.7 Å². The van der Waals surface area contributed by atoms with Crippen molar-refractivity contribution >= 4 is 28.7 Å². The molecule has 2 aromatic carbocycles. The molecule has 5 rings (SSSR count). The number of hydrogen-bond donors (Lipinski definition) is 2. The van der Waals surface area contributed by atoms with E-state index in [-0.39, 0.29) is 17.6 Å². The zero-order valence-corrected chi connectivity index (χ0v) is 22.6. The van der Waals surface area contributed by atoms with Crippen molar-refractivity contribution in [3.63, 3.8) is 0 Å². The van der Waals surface area contributed by atoms with Crippen LogP contribution >= 0.6 is 11.3 Å². The highest BCUT2D eigenvalue weighted by Gasteiger charge is 2.41. The van der Waals surface area contributed by atoms with E-state index in [1.807, 2.05) is 41.9 Å². The van der Waals surface area contributed by atoms with E-state index in [1.165, 1.54) is 0 Å². The predicted octanol–water partition coefficient (Wildman–Crippen LogP) is 5.77. The molecule has 2 aliphatic rings. The lowest BCUT2D eigenvalue weighted by Gasteiger charge is -2.36. The SMILES string of the molecule is COc1ccc(NC(=O)C2=C(C)NC3=C(C(=O)C[C@H](c4ccc(OC)c(OC)c4)C3)[C@H]2c2ccsc2)cc1. The van der Waals surface area contributed by atoms with Gasteiger partial charge in [0.2, 0.25) is 0 Å². The Hall–Kier alpha value is -4.04. The summed E-state index contributed by atoms with van der Waals surface area (Å²) in [5.74, 6) is 1.35. The van der Waals surface area contributed by atoms with Gasteiger partial charge in [-0.3, -0.25) is 9.59 Å². The van der Waals surface area contributed by atoms with Gasteiger partial charge in [0.1, 0.15) is 5.75 Å². The molecule has 7 nitrogen and oxygen atoms in total. The number of benzene rings is 2. The maximum absolute atomic E-state index is 13.8. The van der Waals surface area contributed by atoms with Crippen molar-refractivity contribution in [3.8, 4) is 17.2 Å². The van der Waals surface area contributed by atoms with Crippen LogP contribution in [-0.2, 0) is 9.59 Å². The van der Waals surface area contributed by atoms with Gasteiger partial charge in [0.25, 0.3) is 5.91 Å². The summed E-state index contributed by atoms with van der Waals surface area (Å²) in [6.07, 6.45) is 1.00. The van der Waals surface area contributed by atoms with Crippen LogP contribution in [0.15, 0.2) is 81.8 Å². The van der Waals surface area contributed by atoms with Gasteiger partial charge in [0.05, 0.1) is 21.3 Å². The lowest BCUT2D eigenvalue weighted by molar-refractivity contribution is -0.116. The number of anilines is 1. The third-order valence-electron chi connectivity index (χ3n) is 7.18. The first kappa shape index (κ1) is 25.6. The average Bonchev–Trinajstić information content (AvgIpc) is 3.47. The standard InChI is InChI=1S/C30H30N2O5S/c1-17-27(30(34)32-21-6-8-22(35-2)9-7-21)28(19-11-12-38-16-19)29-23(31-17)13-20(14-24(29)33)18-5-10-25(36-3)26(15-18)37-4/h5-12,15-16,20,28,31H,13-14H2,1-4H3,(H,32,34)/t20-,28+/m1/s1. The number of Topliss-reactive ketones (excluding diaryl/α,β-unsaturated/α-hetero) is 1. The number of methoxy groups -OCH3 is 3. The molecule has 196 valence electrons. The number of carbonyl (C=O) groups excluding carboxylic acids is 2. The number of ketones is 1. The molecule has 0 bridgehead atoms. The van der Waals surface area contributed by atoms with Crippen LogP contribution < -0.4 is 24.8 Å². The summed E-state index contributed by atoms with van der Waals surface area (Å²) < 4.78 is 16.1. The Bertz CT molecular complexity index is 1420. The molecule has 1 aromatic heterocycles.